The summed E-state index contributed by atoms with van der Waals surface area (Å²) in [6, 6.07) is 12.0. The van der Waals surface area contributed by atoms with Crippen LogP contribution in [0, 0.1) is 0 Å². The molecule has 3 aromatic rings. The number of pyridine rings is 1. The van der Waals surface area contributed by atoms with Crippen LogP contribution in [0.25, 0.3) is 22.3 Å². The summed E-state index contributed by atoms with van der Waals surface area (Å²) in [5, 5.41) is 8.76. The number of H-pyrrole nitrogens is 1. The van der Waals surface area contributed by atoms with E-state index in [1.807, 2.05) is 36.4 Å². The number of hydrogen-bond donors (Lipinski definition) is 3. The topological polar surface area (TPSA) is 69.8 Å². The van der Waals surface area contributed by atoms with Gasteiger partial charge in [0.05, 0.1) is 11.4 Å². The van der Waals surface area contributed by atoms with Crippen LogP contribution < -0.4 is 10.6 Å². The van der Waals surface area contributed by atoms with Crippen molar-refractivity contribution in [3.63, 3.8) is 0 Å². The lowest BCUT2D eigenvalue weighted by atomic mass is 9.79. The lowest BCUT2D eigenvalue weighted by Crippen LogP contribution is -2.62. The number of amides is 1. The number of piperidine rings is 1. The predicted molar refractivity (Wildman–Crippen MR) is 132 cm³/mol. The van der Waals surface area contributed by atoms with E-state index >= 15 is 0 Å². The number of nitrogens with one attached hydrogen (secondary N) is 3. The summed E-state index contributed by atoms with van der Waals surface area (Å²) in [5.74, 6) is 0.126. The lowest BCUT2D eigenvalue weighted by Gasteiger charge is -2.46. The van der Waals surface area contributed by atoms with Crippen molar-refractivity contribution in [3.05, 3.63) is 53.2 Å². The van der Waals surface area contributed by atoms with E-state index in [1.165, 1.54) is 0 Å². The Kier molecular flexibility index (Phi) is 6.33. The van der Waals surface area contributed by atoms with E-state index in [0.717, 1.165) is 53.5 Å². The number of aromatic nitrogens is 2. The molecule has 0 bridgehead atoms. The summed E-state index contributed by atoms with van der Waals surface area (Å²) in [6.45, 7) is 8.81. The Labute approximate surface area is 195 Å². The normalized spacial score (nSPS) is 18.0. The zero-order chi connectivity index (χ0) is 22.9. The van der Waals surface area contributed by atoms with Gasteiger partial charge in [-0.05, 0) is 89.3 Å². The highest BCUT2D eigenvalue weighted by Gasteiger charge is 2.38. The summed E-state index contributed by atoms with van der Waals surface area (Å²) in [4.78, 5) is 20.8. The molecule has 0 unspecified atom stereocenters. The van der Waals surface area contributed by atoms with Crippen molar-refractivity contribution in [3.8, 4) is 11.4 Å². The maximum absolute atomic E-state index is 12.8. The first-order valence-electron chi connectivity index (χ1n) is 11.4. The molecule has 1 fully saturated rings. The van der Waals surface area contributed by atoms with Crippen molar-refractivity contribution >= 4 is 28.4 Å². The average molecular weight is 453 g/mol. The first-order valence-corrected chi connectivity index (χ1v) is 11.8. The first-order chi connectivity index (χ1) is 15.1. The fourth-order valence-corrected chi connectivity index (χ4v) is 5.53. The number of hydrogen-bond acceptors (Lipinski definition) is 3. The molecular weight excluding hydrogens is 420 g/mol. The highest BCUT2D eigenvalue weighted by Crippen LogP contribution is 2.32. The van der Waals surface area contributed by atoms with E-state index in [0.29, 0.717) is 11.4 Å². The monoisotopic (exact) mass is 452 g/mol. The van der Waals surface area contributed by atoms with Gasteiger partial charge in [0.25, 0.3) is 0 Å². The Morgan fingerprint density at radius 3 is 2.59 bits per heavy atom. The van der Waals surface area contributed by atoms with Crippen LogP contribution in [0.1, 0.15) is 58.9 Å². The standard InChI is InChI=1S/C26H33ClN4O/c1-25(2)15-18(16-26(3,4)31-25)29-23(32)10-7-8-19-20-14-17(27)11-12-21(20)30-24(19)22-9-5-6-13-28-22/h5-6,9,11-14,18,30-31H,7-8,10,15-16H2,1-4H3,(H,29,32). The predicted octanol–water partition coefficient (Wildman–Crippen LogP) is 5.63. The van der Waals surface area contributed by atoms with Crippen LogP contribution in [0.5, 0.6) is 0 Å². The number of fused-ring (bicyclic) bond motifs is 1. The molecule has 1 aliphatic heterocycles. The number of rotatable bonds is 6. The van der Waals surface area contributed by atoms with Gasteiger partial charge in [0.15, 0.2) is 0 Å². The summed E-state index contributed by atoms with van der Waals surface area (Å²) in [5.41, 5.74) is 4.14. The van der Waals surface area contributed by atoms with Crippen LogP contribution in [-0.2, 0) is 11.2 Å². The molecule has 5 nitrogen and oxygen atoms in total. The molecule has 0 saturated carbocycles. The van der Waals surface area contributed by atoms with Crippen LogP contribution in [0.3, 0.4) is 0 Å². The van der Waals surface area contributed by atoms with Gasteiger partial charge in [-0.3, -0.25) is 9.78 Å². The number of carbonyl (C=O) groups is 1. The van der Waals surface area contributed by atoms with Gasteiger partial charge >= 0.3 is 0 Å². The van der Waals surface area contributed by atoms with E-state index in [9.17, 15) is 4.79 Å². The second-order valence-electron chi connectivity index (χ2n) is 10.3. The molecule has 0 radical (unpaired) electrons. The van der Waals surface area contributed by atoms with Gasteiger partial charge in [-0.1, -0.05) is 17.7 Å². The van der Waals surface area contributed by atoms with Gasteiger partial charge < -0.3 is 15.6 Å². The molecule has 170 valence electrons. The first kappa shape index (κ1) is 22.8. The summed E-state index contributed by atoms with van der Waals surface area (Å²) < 4.78 is 0. The molecule has 1 aromatic carbocycles. The molecule has 0 atom stereocenters. The lowest BCUT2D eigenvalue weighted by molar-refractivity contribution is -0.122. The van der Waals surface area contributed by atoms with Crippen molar-refractivity contribution in [2.24, 2.45) is 0 Å². The zero-order valence-electron chi connectivity index (χ0n) is 19.4. The molecule has 4 rings (SSSR count). The number of aryl methyl sites for hydroxylation is 1. The molecule has 1 saturated heterocycles. The second kappa shape index (κ2) is 8.87. The van der Waals surface area contributed by atoms with Crippen LogP contribution in [0.4, 0.5) is 0 Å². The van der Waals surface area contributed by atoms with E-state index < -0.39 is 0 Å². The van der Waals surface area contributed by atoms with Gasteiger partial charge in [-0.2, -0.15) is 0 Å². The van der Waals surface area contributed by atoms with E-state index in [1.54, 1.807) is 6.20 Å². The minimum atomic E-state index is 0.0145. The minimum Gasteiger partial charge on any atom is -0.353 e. The van der Waals surface area contributed by atoms with E-state index in [2.05, 4.69) is 48.3 Å². The third kappa shape index (κ3) is 5.33. The van der Waals surface area contributed by atoms with E-state index in [4.69, 9.17) is 11.6 Å². The molecule has 3 heterocycles. The van der Waals surface area contributed by atoms with Crippen LogP contribution >= 0.6 is 11.6 Å². The van der Waals surface area contributed by atoms with Crippen molar-refractivity contribution in [1.82, 2.24) is 20.6 Å². The fourth-order valence-electron chi connectivity index (χ4n) is 5.36. The Morgan fingerprint density at radius 2 is 1.91 bits per heavy atom. The molecule has 1 amide bonds. The highest BCUT2D eigenvalue weighted by atomic mass is 35.5. The highest BCUT2D eigenvalue weighted by molar-refractivity contribution is 6.31. The smallest absolute Gasteiger partial charge is 0.220 e. The summed E-state index contributed by atoms with van der Waals surface area (Å²) in [6.07, 6.45) is 5.72. The maximum atomic E-state index is 12.8. The SMILES string of the molecule is CC1(C)CC(NC(=O)CCCc2c(-c3ccccn3)[nH]c3ccc(Cl)cc23)CC(C)(C)N1. The van der Waals surface area contributed by atoms with Gasteiger partial charge in [0, 0.05) is 45.7 Å². The molecule has 1 aliphatic rings. The van der Waals surface area contributed by atoms with Gasteiger partial charge in [0.2, 0.25) is 5.91 Å². The molecule has 3 N–H and O–H groups in total. The molecule has 0 aliphatic carbocycles. The Bertz CT molecular complexity index is 1090. The molecule has 0 spiro atoms. The van der Waals surface area contributed by atoms with Crippen molar-refractivity contribution in [1.29, 1.82) is 0 Å². The third-order valence-electron chi connectivity index (χ3n) is 6.18. The molecular formula is C26H33ClN4O. The van der Waals surface area contributed by atoms with Crippen LogP contribution in [-0.4, -0.2) is 33.0 Å². The number of nitrogens with zero attached hydrogens (tertiary/aromatic N) is 1. The van der Waals surface area contributed by atoms with Crippen molar-refractivity contribution < 1.29 is 4.79 Å². The Balaban J connectivity index is 1.45. The van der Waals surface area contributed by atoms with Gasteiger partial charge in [-0.25, -0.2) is 0 Å². The van der Waals surface area contributed by atoms with Gasteiger partial charge in [-0.15, -0.1) is 0 Å². The average Bonchev–Trinajstić information content (AvgIpc) is 3.04. The largest absolute Gasteiger partial charge is 0.353 e. The third-order valence-corrected chi connectivity index (χ3v) is 6.41. The Morgan fingerprint density at radius 1 is 1.16 bits per heavy atom. The van der Waals surface area contributed by atoms with Gasteiger partial charge in [0.1, 0.15) is 0 Å². The minimum absolute atomic E-state index is 0.0145. The quantitative estimate of drug-likeness (QED) is 0.453. The fraction of sp³-hybridized carbons (Fsp3) is 0.462. The Hall–Kier alpha value is -2.37. The summed E-state index contributed by atoms with van der Waals surface area (Å²) in [7, 11) is 0. The number of halogens is 1. The maximum Gasteiger partial charge on any atom is 0.220 e. The summed E-state index contributed by atoms with van der Waals surface area (Å²) >= 11 is 6.29. The number of carbonyl (C=O) groups excluding carboxylic acids is 1. The van der Waals surface area contributed by atoms with Crippen LogP contribution in [0.15, 0.2) is 42.6 Å². The number of benzene rings is 1. The number of aromatic amines is 1. The van der Waals surface area contributed by atoms with Crippen LogP contribution in [0.2, 0.25) is 5.02 Å². The molecule has 32 heavy (non-hydrogen) atoms. The van der Waals surface area contributed by atoms with Crippen molar-refractivity contribution in [2.45, 2.75) is 76.9 Å². The zero-order valence-corrected chi connectivity index (χ0v) is 20.1. The second-order valence-corrected chi connectivity index (χ2v) is 10.7. The molecule has 2 aromatic heterocycles. The molecule has 6 heteroatoms. The van der Waals surface area contributed by atoms with Crippen molar-refractivity contribution in [2.75, 3.05) is 0 Å². The van der Waals surface area contributed by atoms with E-state index in [-0.39, 0.29) is 23.0 Å².